The van der Waals surface area contributed by atoms with Gasteiger partial charge in [0.15, 0.2) is 0 Å². The fourth-order valence-corrected chi connectivity index (χ4v) is 3.11. The van der Waals surface area contributed by atoms with Gasteiger partial charge in [0, 0.05) is 26.3 Å². The van der Waals surface area contributed by atoms with E-state index in [0.717, 1.165) is 11.0 Å². The van der Waals surface area contributed by atoms with Crippen LogP contribution in [0.25, 0.3) is 0 Å². The number of rotatable bonds is 4. The molecule has 0 unspecified atom stereocenters. The van der Waals surface area contributed by atoms with Crippen LogP contribution in [0.2, 0.25) is 0 Å². The van der Waals surface area contributed by atoms with Crippen molar-refractivity contribution in [1.29, 1.82) is 0 Å². The van der Waals surface area contributed by atoms with Crippen molar-refractivity contribution in [2.75, 3.05) is 0 Å². The van der Waals surface area contributed by atoms with Crippen LogP contribution in [-0.2, 0) is 6.54 Å². The number of hydrogen-bond acceptors (Lipinski definition) is 2. The second kappa shape index (κ2) is 6.99. The summed E-state index contributed by atoms with van der Waals surface area (Å²) < 4.78 is 1.12. The molecule has 0 fully saturated rings. The summed E-state index contributed by atoms with van der Waals surface area (Å²) in [7, 11) is 0. The van der Waals surface area contributed by atoms with Crippen molar-refractivity contribution in [2.24, 2.45) is 0 Å². The molecule has 21 heavy (non-hydrogen) atoms. The summed E-state index contributed by atoms with van der Waals surface area (Å²) in [4.78, 5) is 2.55. The smallest absolute Gasteiger partial charge is 0.0212 e. The van der Waals surface area contributed by atoms with Gasteiger partial charge in [-0.15, -0.1) is 0 Å². The highest BCUT2D eigenvalue weighted by Gasteiger charge is 2.09. The number of hydrogen-bond donors (Lipinski definition) is 1. The van der Waals surface area contributed by atoms with Crippen LogP contribution in [0.4, 0.5) is 0 Å². The van der Waals surface area contributed by atoms with Crippen LogP contribution in [0.5, 0.6) is 0 Å². The van der Waals surface area contributed by atoms with Gasteiger partial charge in [-0.2, -0.15) is 0 Å². The largest absolute Gasteiger partial charge is 0.308 e. The minimum atomic E-state index is 0.150. The van der Waals surface area contributed by atoms with Crippen LogP contribution >= 0.6 is 27.7 Å². The molecule has 0 atom stereocenters. The number of benzene rings is 2. The predicted octanol–water partition coefficient (Wildman–Crippen LogP) is 5.80. The summed E-state index contributed by atoms with van der Waals surface area (Å²) in [6.45, 7) is 9.68. The van der Waals surface area contributed by atoms with Gasteiger partial charge < -0.3 is 5.32 Å². The minimum absolute atomic E-state index is 0.150. The Morgan fingerprint density at radius 2 is 1.62 bits per heavy atom. The summed E-state index contributed by atoms with van der Waals surface area (Å²) in [5, 5.41) is 3.54. The second-order valence-electron chi connectivity index (χ2n) is 6.25. The molecule has 0 aliphatic heterocycles. The Morgan fingerprint density at radius 1 is 1.00 bits per heavy atom. The van der Waals surface area contributed by atoms with Crippen molar-refractivity contribution in [3.05, 3.63) is 58.1 Å². The highest BCUT2D eigenvalue weighted by Crippen LogP contribution is 2.30. The Kier molecular flexibility index (Phi) is 5.53. The molecule has 0 saturated heterocycles. The van der Waals surface area contributed by atoms with Crippen molar-refractivity contribution in [2.45, 2.75) is 49.6 Å². The number of nitrogens with one attached hydrogen (secondary N) is 1. The topological polar surface area (TPSA) is 12.0 Å². The highest BCUT2D eigenvalue weighted by molar-refractivity contribution is 9.10. The van der Waals surface area contributed by atoms with Gasteiger partial charge in [-0.05, 0) is 75.2 Å². The second-order valence-corrected chi connectivity index (χ2v) is 8.31. The Balaban J connectivity index is 2.06. The summed E-state index contributed by atoms with van der Waals surface area (Å²) in [5.41, 5.74) is 2.86. The zero-order valence-corrected chi connectivity index (χ0v) is 15.4. The molecule has 0 aliphatic rings. The Labute approximate surface area is 140 Å². The fraction of sp³-hybridized carbons (Fsp3) is 0.333. The SMILES string of the molecule is Cc1cc(Sc2ccc(Br)cc2)ccc1CNC(C)(C)C. The third kappa shape index (κ3) is 5.50. The lowest BCUT2D eigenvalue weighted by Crippen LogP contribution is -2.35. The van der Waals surface area contributed by atoms with Crippen LogP contribution in [0.3, 0.4) is 0 Å². The van der Waals surface area contributed by atoms with Gasteiger partial charge in [-0.25, -0.2) is 0 Å². The van der Waals surface area contributed by atoms with E-state index in [2.05, 4.69) is 91.4 Å². The molecule has 3 heteroatoms. The first-order chi connectivity index (χ1) is 9.83. The molecular formula is C18H22BrNS. The van der Waals surface area contributed by atoms with E-state index in [9.17, 15) is 0 Å². The zero-order chi connectivity index (χ0) is 15.5. The van der Waals surface area contributed by atoms with E-state index in [0.29, 0.717) is 0 Å². The van der Waals surface area contributed by atoms with Crippen LogP contribution in [0.1, 0.15) is 31.9 Å². The first-order valence-corrected chi connectivity index (χ1v) is 8.72. The molecule has 0 radical (unpaired) electrons. The van der Waals surface area contributed by atoms with Crippen molar-refractivity contribution < 1.29 is 0 Å². The lowest BCUT2D eigenvalue weighted by molar-refractivity contribution is 0.424. The highest BCUT2D eigenvalue weighted by atomic mass is 79.9. The molecule has 0 bridgehead atoms. The van der Waals surface area contributed by atoms with Gasteiger partial charge in [0.2, 0.25) is 0 Å². The average molecular weight is 364 g/mol. The number of halogens is 1. The first kappa shape index (κ1) is 16.6. The quantitative estimate of drug-likeness (QED) is 0.736. The van der Waals surface area contributed by atoms with E-state index >= 15 is 0 Å². The maximum absolute atomic E-state index is 3.54. The van der Waals surface area contributed by atoms with E-state index in [1.807, 2.05) is 0 Å². The molecule has 2 rings (SSSR count). The molecule has 0 aromatic heterocycles. The molecule has 112 valence electrons. The van der Waals surface area contributed by atoms with Gasteiger partial charge in [-0.1, -0.05) is 33.8 Å². The predicted molar refractivity (Wildman–Crippen MR) is 96.0 cm³/mol. The number of aryl methyl sites for hydroxylation is 1. The zero-order valence-electron chi connectivity index (χ0n) is 13.0. The molecule has 2 aromatic rings. The third-order valence-corrected chi connectivity index (χ3v) is 4.70. The van der Waals surface area contributed by atoms with Crippen molar-refractivity contribution in [1.82, 2.24) is 5.32 Å². The lowest BCUT2D eigenvalue weighted by Gasteiger charge is -2.21. The summed E-state index contributed by atoms with van der Waals surface area (Å²) in [5.74, 6) is 0. The van der Waals surface area contributed by atoms with Crippen molar-refractivity contribution in [3.63, 3.8) is 0 Å². The van der Waals surface area contributed by atoms with Gasteiger partial charge in [0.05, 0.1) is 0 Å². The molecular weight excluding hydrogens is 342 g/mol. The Hall–Kier alpha value is -0.770. The van der Waals surface area contributed by atoms with Gasteiger partial charge in [-0.3, -0.25) is 0 Å². The van der Waals surface area contributed by atoms with E-state index in [-0.39, 0.29) is 5.54 Å². The molecule has 2 aromatic carbocycles. The van der Waals surface area contributed by atoms with E-state index in [4.69, 9.17) is 0 Å². The molecule has 1 nitrogen and oxygen atoms in total. The maximum atomic E-state index is 3.54. The van der Waals surface area contributed by atoms with Gasteiger partial charge in [0.1, 0.15) is 0 Å². The monoisotopic (exact) mass is 363 g/mol. The van der Waals surface area contributed by atoms with Crippen LogP contribution in [-0.4, -0.2) is 5.54 Å². The Morgan fingerprint density at radius 3 is 2.19 bits per heavy atom. The molecule has 0 spiro atoms. The summed E-state index contributed by atoms with van der Waals surface area (Å²) in [6, 6.07) is 15.1. The van der Waals surface area contributed by atoms with E-state index in [1.165, 1.54) is 20.9 Å². The van der Waals surface area contributed by atoms with E-state index in [1.54, 1.807) is 11.8 Å². The fourth-order valence-electron chi connectivity index (χ4n) is 1.93. The Bertz CT molecular complexity index is 600. The minimum Gasteiger partial charge on any atom is -0.308 e. The van der Waals surface area contributed by atoms with Crippen molar-refractivity contribution in [3.8, 4) is 0 Å². The normalized spacial score (nSPS) is 11.7. The van der Waals surface area contributed by atoms with E-state index < -0.39 is 0 Å². The third-order valence-electron chi connectivity index (χ3n) is 3.17. The lowest BCUT2D eigenvalue weighted by atomic mass is 10.1. The average Bonchev–Trinajstić information content (AvgIpc) is 2.39. The first-order valence-electron chi connectivity index (χ1n) is 7.11. The maximum Gasteiger partial charge on any atom is 0.0212 e. The van der Waals surface area contributed by atoms with Gasteiger partial charge in [0.25, 0.3) is 0 Å². The molecule has 0 heterocycles. The van der Waals surface area contributed by atoms with Crippen LogP contribution < -0.4 is 5.32 Å². The van der Waals surface area contributed by atoms with Crippen LogP contribution in [0, 0.1) is 6.92 Å². The standard InChI is InChI=1S/C18H22BrNS/c1-13-11-17(21-16-9-6-15(19)7-10-16)8-5-14(13)12-20-18(2,3)4/h5-11,20H,12H2,1-4H3. The van der Waals surface area contributed by atoms with Crippen LogP contribution in [0.15, 0.2) is 56.7 Å². The summed E-state index contributed by atoms with van der Waals surface area (Å²) in [6.07, 6.45) is 0. The molecule has 0 saturated carbocycles. The molecule has 0 aliphatic carbocycles. The summed E-state index contributed by atoms with van der Waals surface area (Å²) >= 11 is 5.27. The molecule has 1 N–H and O–H groups in total. The van der Waals surface area contributed by atoms with Crippen molar-refractivity contribution >= 4 is 27.7 Å². The van der Waals surface area contributed by atoms with Gasteiger partial charge >= 0.3 is 0 Å². The molecule has 0 amide bonds.